The van der Waals surface area contributed by atoms with Gasteiger partial charge in [-0.1, -0.05) is 37.3 Å². The average Bonchev–Trinajstić information content (AvgIpc) is 2.30. The second-order valence-corrected chi connectivity index (χ2v) is 5.04. The monoisotopic (exact) mass is 218 g/mol. The van der Waals surface area contributed by atoms with Gasteiger partial charge in [0, 0.05) is 31.7 Å². The first-order valence-electron chi connectivity index (χ1n) is 6.23. The Morgan fingerprint density at radius 3 is 2.75 bits per heavy atom. The second-order valence-electron chi connectivity index (χ2n) is 5.04. The Balaban J connectivity index is 1.96. The lowest BCUT2D eigenvalue weighted by atomic mass is 9.95. The third kappa shape index (κ3) is 2.83. The summed E-state index contributed by atoms with van der Waals surface area (Å²) in [7, 11) is 0. The molecule has 0 aromatic heterocycles. The molecule has 1 aromatic carbocycles. The van der Waals surface area contributed by atoms with Crippen LogP contribution in [-0.4, -0.2) is 30.1 Å². The van der Waals surface area contributed by atoms with Crippen molar-refractivity contribution in [1.29, 1.82) is 0 Å². The summed E-state index contributed by atoms with van der Waals surface area (Å²) in [6.45, 7) is 9.08. The van der Waals surface area contributed by atoms with E-state index < -0.39 is 0 Å². The van der Waals surface area contributed by atoms with Crippen LogP contribution in [0, 0.1) is 0 Å². The topological polar surface area (TPSA) is 15.3 Å². The molecule has 2 nitrogen and oxygen atoms in total. The Kier molecular flexibility index (Phi) is 3.62. The van der Waals surface area contributed by atoms with Crippen LogP contribution < -0.4 is 5.32 Å². The van der Waals surface area contributed by atoms with Crippen molar-refractivity contribution in [2.24, 2.45) is 0 Å². The Morgan fingerprint density at radius 1 is 1.31 bits per heavy atom. The van der Waals surface area contributed by atoms with E-state index in [4.69, 9.17) is 0 Å². The molecular weight excluding hydrogens is 196 g/mol. The highest BCUT2D eigenvalue weighted by molar-refractivity contribution is 5.14. The molecule has 0 spiro atoms. The van der Waals surface area contributed by atoms with Crippen molar-refractivity contribution < 1.29 is 0 Å². The number of piperazine rings is 1. The van der Waals surface area contributed by atoms with Crippen LogP contribution in [0.25, 0.3) is 0 Å². The quantitative estimate of drug-likeness (QED) is 0.837. The van der Waals surface area contributed by atoms with E-state index in [1.54, 1.807) is 0 Å². The van der Waals surface area contributed by atoms with Gasteiger partial charge in [-0.3, -0.25) is 4.90 Å². The minimum atomic E-state index is 0.299. The molecule has 1 aliphatic rings. The molecule has 0 aliphatic carbocycles. The maximum absolute atomic E-state index is 3.62. The zero-order valence-corrected chi connectivity index (χ0v) is 10.4. The number of rotatable bonds is 3. The molecule has 0 radical (unpaired) electrons. The maximum Gasteiger partial charge on any atom is 0.0278 e. The molecule has 16 heavy (non-hydrogen) atoms. The highest BCUT2D eigenvalue weighted by Gasteiger charge is 2.28. The van der Waals surface area contributed by atoms with Crippen molar-refractivity contribution in [2.75, 3.05) is 19.6 Å². The van der Waals surface area contributed by atoms with Crippen molar-refractivity contribution >= 4 is 0 Å². The van der Waals surface area contributed by atoms with Crippen LogP contribution >= 0.6 is 0 Å². The third-order valence-electron chi connectivity index (χ3n) is 3.58. The van der Waals surface area contributed by atoms with Gasteiger partial charge in [0.25, 0.3) is 0 Å². The maximum atomic E-state index is 3.62. The molecular formula is C14H22N2. The van der Waals surface area contributed by atoms with E-state index in [-0.39, 0.29) is 0 Å². The van der Waals surface area contributed by atoms with Crippen molar-refractivity contribution in [3.8, 4) is 0 Å². The smallest absolute Gasteiger partial charge is 0.0278 e. The van der Waals surface area contributed by atoms with Crippen LogP contribution in [-0.2, 0) is 6.54 Å². The summed E-state index contributed by atoms with van der Waals surface area (Å²) in [5.74, 6) is 0. The van der Waals surface area contributed by atoms with Gasteiger partial charge in [-0.25, -0.2) is 0 Å². The zero-order valence-electron chi connectivity index (χ0n) is 10.4. The number of hydrogen-bond donors (Lipinski definition) is 1. The summed E-state index contributed by atoms with van der Waals surface area (Å²) < 4.78 is 0. The summed E-state index contributed by atoms with van der Waals surface area (Å²) in [4.78, 5) is 2.55. The van der Waals surface area contributed by atoms with Crippen LogP contribution in [0.1, 0.15) is 25.8 Å². The summed E-state index contributed by atoms with van der Waals surface area (Å²) in [5.41, 5.74) is 1.72. The summed E-state index contributed by atoms with van der Waals surface area (Å²) in [6, 6.07) is 10.8. The molecule has 88 valence electrons. The van der Waals surface area contributed by atoms with Gasteiger partial charge in [0.15, 0.2) is 0 Å². The number of nitrogens with zero attached hydrogens (tertiary/aromatic N) is 1. The standard InChI is InChI=1S/C14H22N2/c1-3-14(2)12-16(10-9-15-14)11-13-7-5-4-6-8-13/h4-8,15H,3,9-12H2,1-2H3/t14-/m1/s1. The van der Waals surface area contributed by atoms with E-state index in [9.17, 15) is 0 Å². The van der Waals surface area contributed by atoms with E-state index in [2.05, 4.69) is 54.4 Å². The average molecular weight is 218 g/mol. The van der Waals surface area contributed by atoms with Gasteiger partial charge < -0.3 is 5.32 Å². The summed E-state index contributed by atoms with van der Waals surface area (Å²) in [6.07, 6.45) is 1.19. The van der Waals surface area contributed by atoms with Gasteiger partial charge in [-0.2, -0.15) is 0 Å². The molecule has 1 atom stereocenters. The first-order valence-corrected chi connectivity index (χ1v) is 6.23. The predicted octanol–water partition coefficient (Wildman–Crippen LogP) is 2.26. The highest BCUT2D eigenvalue weighted by atomic mass is 15.2. The first-order chi connectivity index (χ1) is 7.72. The minimum absolute atomic E-state index is 0.299. The van der Waals surface area contributed by atoms with E-state index in [1.807, 2.05) is 0 Å². The lowest BCUT2D eigenvalue weighted by Crippen LogP contribution is -2.58. The molecule has 0 saturated carbocycles. The highest BCUT2D eigenvalue weighted by Crippen LogP contribution is 2.17. The summed E-state index contributed by atoms with van der Waals surface area (Å²) >= 11 is 0. The normalized spacial score (nSPS) is 26.9. The molecule has 0 amide bonds. The fourth-order valence-corrected chi connectivity index (χ4v) is 2.36. The fourth-order valence-electron chi connectivity index (χ4n) is 2.36. The molecule has 2 rings (SSSR count). The molecule has 1 N–H and O–H groups in total. The Bertz CT molecular complexity index is 323. The van der Waals surface area contributed by atoms with Crippen LogP contribution in [0.4, 0.5) is 0 Å². The first kappa shape index (κ1) is 11.6. The molecule has 1 aromatic rings. The molecule has 1 heterocycles. The molecule has 1 saturated heterocycles. The molecule has 1 fully saturated rings. The number of nitrogens with one attached hydrogen (secondary N) is 1. The Labute approximate surface area is 98.7 Å². The minimum Gasteiger partial charge on any atom is -0.309 e. The van der Waals surface area contributed by atoms with Gasteiger partial charge in [-0.15, -0.1) is 0 Å². The number of hydrogen-bond acceptors (Lipinski definition) is 2. The van der Waals surface area contributed by atoms with Gasteiger partial charge in [0.2, 0.25) is 0 Å². The predicted molar refractivity (Wildman–Crippen MR) is 68.4 cm³/mol. The van der Waals surface area contributed by atoms with Crippen molar-refractivity contribution in [3.63, 3.8) is 0 Å². The van der Waals surface area contributed by atoms with Crippen molar-refractivity contribution in [2.45, 2.75) is 32.4 Å². The van der Waals surface area contributed by atoms with Crippen LogP contribution in [0.2, 0.25) is 0 Å². The van der Waals surface area contributed by atoms with Crippen molar-refractivity contribution in [3.05, 3.63) is 35.9 Å². The van der Waals surface area contributed by atoms with Crippen LogP contribution in [0.5, 0.6) is 0 Å². The molecule has 0 bridgehead atoms. The molecule has 2 heteroatoms. The van der Waals surface area contributed by atoms with E-state index in [0.29, 0.717) is 5.54 Å². The van der Waals surface area contributed by atoms with Gasteiger partial charge >= 0.3 is 0 Å². The lowest BCUT2D eigenvalue weighted by Gasteiger charge is -2.41. The summed E-state index contributed by atoms with van der Waals surface area (Å²) in [5, 5.41) is 3.62. The van der Waals surface area contributed by atoms with Gasteiger partial charge in [0.05, 0.1) is 0 Å². The largest absolute Gasteiger partial charge is 0.309 e. The van der Waals surface area contributed by atoms with E-state index in [0.717, 1.165) is 26.2 Å². The Hall–Kier alpha value is -0.860. The van der Waals surface area contributed by atoms with Crippen LogP contribution in [0.3, 0.4) is 0 Å². The van der Waals surface area contributed by atoms with Crippen LogP contribution in [0.15, 0.2) is 30.3 Å². The second kappa shape index (κ2) is 4.98. The lowest BCUT2D eigenvalue weighted by molar-refractivity contribution is 0.133. The van der Waals surface area contributed by atoms with Gasteiger partial charge in [0.1, 0.15) is 0 Å². The van der Waals surface area contributed by atoms with E-state index >= 15 is 0 Å². The molecule has 0 unspecified atom stereocenters. The Morgan fingerprint density at radius 2 is 2.06 bits per heavy atom. The zero-order chi connectivity index (χ0) is 11.4. The number of benzene rings is 1. The van der Waals surface area contributed by atoms with Crippen molar-refractivity contribution in [1.82, 2.24) is 10.2 Å². The fraction of sp³-hybridized carbons (Fsp3) is 0.571. The SMILES string of the molecule is CC[C@]1(C)CN(Cc2ccccc2)CCN1. The molecule has 1 aliphatic heterocycles. The van der Waals surface area contributed by atoms with E-state index in [1.165, 1.54) is 12.0 Å². The van der Waals surface area contributed by atoms with Gasteiger partial charge in [-0.05, 0) is 18.9 Å². The third-order valence-corrected chi connectivity index (χ3v) is 3.58.